The first kappa shape index (κ1) is 39.6. The van der Waals surface area contributed by atoms with E-state index in [2.05, 4.69) is 36.2 Å². The maximum atomic E-state index is 13.8. The van der Waals surface area contributed by atoms with Crippen molar-refractivity contribution in [2.24, 2.45) is 10.3 Å². The number of rotatable bonds is 15. The number of oxime groups is 2. The van der Waals surface area contributed by atoms with E-state index in [0.717, 1.165) is 27.6 Å². The number of aliphatic carboxylic acids is 1. The molecule has 2 saturated heterocycles. The van der Waals surface area contributed by atoms with Crippen LogP contribution in [0.15, 0.2) is 43.6 Å². The van der Waals surface area contributed by atoms with Gasteiger partial charge in [-0.25, -0.2) is 14.8 Å². The second-order valence-corrected chi connectivity index (χ2v) is 15.6. The van der Waals surface area contributed by atoms with Gasteiger partial charge in [-0.3, -0.25) is 39.1 Å². The summed E-state index contributed by atoms with van der Waals surface area (Å²) in [6, 6.07) is -2.08. The Bertz CT molecular complexity index is 2060. The average Bonchev–Trinajstić information content (AvgIpc) is 3.81. The summed E-state index contributed by atoms with van der Waals surface area (Å²) in [5.74, 6) is -4.17. The number of carboxylic acids is 1. The standard InChI is InChI=1S/C30H32N10O11S4/c1-48-5-11-7-52-26-17(34-21(41)15(37-50-3)13-9-54-29(31)32-13)24(44)39(26)19(11)23(43)36-30-33-14(10-55-30)16(38-51-4)22(42)35-18-25(45)40-20(28(46)47)12(6-49-2)8-53-27(18)40/h9-10,17-18,26-27H,5-8H2,1-4H3,(H2,31,32)(H,34,41)(H,35,42)(H,46,47)(H,33,36,43)/b37-15-,38-16-/t17-,18-,26-,27-/m1/s1. The molecule has 0 aromatic carbocycles. The van der Waals surface area contributed by atoms with Crippen LogP contribution >= 0.6 is 46.2 Å². The van der Waals surface area contributed by atoms with E-state index < -0.39 is 58.3 Å². The van der Waals surface area contributed by atoms with E-state index in [1.165, 1.54) is 67.6 Å². The topological polar surface area (TPSA) is 279 Å². The van der Waals surface area contributed by atoms with Gasteiger partial charge in [-0.05, 0) is 11.1 Å². The Balaban J connectivity index is 1.14. The van der Waals surface area contributed by atoms with Crippen molar-refractivity contribution >= 4 is 103 Å². The summed E-state index contributed by atoms with van der Waals surface area (Å²) < 4.78 is 10.4. The molecule has 55 heavy (non-hydrogen) atoms. The van der Waals surface area contributed by atoms with Crippen LogP contribution in [0.5, 0.6) is 0 Å². The van der Waals surface area contributed by atoms with E-state index in [9.17, 15) is 33.9 Å². The lowest BCUT2D eigenvalue weighted by atomic mass is 10.0. The number of nitrogens with two attached hydrogens (primary N) is 1. The molecule has 4 aliphatic heterocycles. The van der Waals surface area contributed by atoms with Crippen LogP contribution in [0.2, 0.25) is 0 Å². The number of nitrogens with one attached hydrogen (secondary N) is 3. The Morgan fingerprint density at radius 1 is 0.818 bits per heavy atom. The number of hydrogen-bond donors (Lipinski definition) is 5. The number of aromatic nitrogens is 2. The number of methoxy groups -OCH3 is 2. The van der Waals surface area contributed by atoms with Crippen molar-refractivity contribution in [3.63, 3.8) is 0 Å². The van der Waals surface area contributed by atoms with Gasteiger partial charge in [0.1, 0.15) is 59.8 Å². The summed E-state index contributed by atoms with van der Waals surface area (Å²) in [5.41, 5.74) is 6.14. The van der Waals surface area contributed by atoms with Crippen molar-refractivity contribution in [1.29, 1.82) is 0 Å². The average molecular weight is 837 g/mol. The van der Waals surface area contributed by atoms with Gasteiger partial charge in [0.25, 0.3) is 29.5 Å². The number of anilines is 2. The molecule has 2 aromatic rings. The number of ether oxygens (including phenoxy) is 2. The van der Waals surface area contributed by atoms with Crippen LogP contribution in [0, 0.1) is 0 Å². The molecular formula is C30H32N10O11S4. The highest BCUT2D eigenvalue weighted by atomic mass is 32.2. The number of hydrogen-bond acceptors (Lipinski definition) is 19. The lowest BCUT2D eigenvalue weighted by molar-refractivity contribution is -0.150. The Hall–Kier alpha value is -5.08. The van der Waals surface area contributed by atoms with E-state index in [-0.39, 0.29) is 63.4 Å². The molecule has 6 heterocycles. The molecule has 2 aromatic heterocycles. The fourth-order valence-corrected chi connectivity index (χ4v) is 9.85. The predicted molar refractivity (Wildman–Crippen MR) is 200 cm³/mol. The summed E-state index contributed by atoms with van der Waals surface area (Å²) in [4.78, 5) is 99.5. The molecule has 21 nitrogen and oxygen atoms in total. The number of amides is 5. The third kappa shape index (κ3) is 7.62. The van der Waals surface area contributed by atoms with Crippen LogP contribution in [0.25, 0.3) is 0 Å². The second kappa shape index (κ2) is 16.7. The maximum absolute atomic E-state index is 13.8. The van der Waals surface area contributed by atoms with Crippen molar-refractivity contribution in [2.45, 2.75) is 22.8 Å². The molecule has 4 aliphatic rings. The molecular weight excluding hydrogens is 805 g/mol. The monoisotopic (exact) mass is 836 g/mol. The van der Waals surface area contributed by atoms with Crippen LogP contribution in [-0.4, -0.2) is 148 Å². The van der Waals surface area contributed by atoms with Gasteiger partial charge in [-0.15, -0.1) is 46.2 Å². The smallest absolute Gasteiger partial charge is 0.352 e. The molecule has 25 heteroatoms. The van der Waals surface area contributed by atoms with Gasteiger partial charge < -0.3 is 40.6 Å². The zero-order chi connectivity index (χ0) is 39.6. The zero-order valence-corrected chi connectivity index (χ0v) is 32.5. The summed E-state index contributed by atoms with van der Waals surface area (Å²) in [6.45, 7) is 0.0605. The van der Waals surface area contributed by atoms with Gasteiger partial charge in [0.2, 0.25) is 0 Å². The van der Waals surface area contributed by atoms with Crippen LogP contribution in [0.3, 0.4) is 0 Å². The van der Waals surface area contributed by atoms with Crippen molar-refractivity contribution in [1.82, 2.24) is 30.4 Å². The highest BCUT2D eigenvalue weighted by Gasteiger charge is 2.56. The first-order chi connectivity index (χ1) is 26.4. The largest absolute Gasteiger partial charge is 0.477 e. The molecule has 0 saturated carbocycles. The number of β-lactam (4-membered cyclic amide) rings is 2. The number of carboxylic acid groups (broad SMARTS) is 1. The molecule has 292 valence electrons. The molecule has 6 rings (SSSR count). The van der Waals surface area contributed by atoms with E-state index in [1.807, 2.05) is 0 Å². The molecule has 0 bridgehead atoms. The van der Waals surface area contributed by atoms with Gasteiger partial charge in [0.15, 0.2) is 21.7 Å². The summed E-state index contributed by atoms with van der Waals surface area (Å²) in [5, 5.41) is 27.1. The Morgan fingerprint density at radius 3 is 1.78 bits per heavy atom. The van der Waals surface area contributed by atoms with E-state index in [0.29, 0.717) is 16.9 Å². The fourth-order valence-electron chi connectivity index (χ4n) is 5.96. The van der Waals surface area contributed by atoms with Gasteiger partial charge in [-0.1, -0.05) is 10.3 Å². The lowest BCUT2D eigenvalue weighted by Crippen LogP contribution is -2.71. The summed E-state index contributed by atoms with van der Waals surface area (Å²) in [7, 11) is 5.32. The molecule has 0 unspecified atom stereocenters. The van der Waals surface area contributed by atoms with Crippen LogP contribution in [-0.2, 0) is 47.9 Å². The third-order valence-electron chi connectivity index (χ3n) is 8.25. The first-order valence-electron chi connectivity index (χ1n) is 15.8. The number of nitrogens with zero attached hydrogens (tertiary/aromatic N) is 6. The minimum absolute atomic E-state index is 0.00514. The highest BCUT2D eigenvalue weighted by Crippen LogP contribution is 2.42. The molecule has 0 spiro atoms. The molecule has 0 radical (unpaired) electrons. The van der Waals surface area contributed by atoms with Gasteiger partial charge in [-0.2, -0.15) is 0 Å². The van der Waals surface area contributed by atoms with Gasteiger partial charge in [0.05, 0.1) is 13.2 Å². The van der Waals surface area contributed by atoms with E-state index >= 15 is 0 Å². The molecule has 6 N–H and O–H groups in total. The maximum Gasteiger partial charge on any atom is 0.352 e. The fraction of sp³-hybridized carbons (Fsp3) is 0.400. The molecule has 2 fully saturated rings. The SMILES string of the molecule is COCC1=C(C(=O)O)N2C(=O)[C@@H](NC(=O)/C(=N\OC)c3csc(NC(=O)C4=C(COC)CS[C@@H]5[C@H](NC(=O)/C(=N\OC)c6csc(N)n6)C(=O)N45)n3)[C@H]2SC1. The van der Waals surface area contributed by atoms with Crippen molar-refractivity contribution in [3.8, 4) is 0 Å². The molecule has 5 amide bonds. The minimum atomic E-state index is -1.28. The van der Waals surface area contributed by atoms with Crippen molar-refractivity contribution in [3.05, 3.63) is 44.7 Å². The normalized spacial score (nSPS) is 22.3. The zero-order valence-electron chi connectivity index (χ0n) is 29.2. The number of thiazole rings is 2. The predicted octanol–water partition coefficient (Wildman–Crippen LogP) is -0.793. The number of carbonyl (C=O) groups excluding carboxylic acids is 5. The van der Waals surface area contributed by atoms with Crippen LogP contribution in [0.1, 0.15) is 11.4 Å². The summed E-state index contributed by atoms with van der Waals surface area (Å²) in [6.07, 6.45) is 0. The van der Waals surface area contributed by atoms with Crippen molar-refractivity contribution in [2.75, 3.05) is 64.2 Å². The van der Waals surface area contributed by atoms with Crippen LogP contribution < -0.4 is 21.7 Å². The van der Waals surface area contributed by atoms with Crippen molar-refractivity contribution < 1.29 is 53.0 Å². The Kier molecular flexibility index (Phi) is 12.1. The second-order valence-electron chi connectivity index (χ2n) is 11.6. The molecule has 4 atom stereocenters. The number of fused-ring (bicyclic) bond motifs is 2. The number of carbonyl (C=O) groups is 6. The molecule has 0 aliphatic carbocycles. The minimum Gasteiger partial charge on any atom is -0.477 e. The number of thioether (sulfide) groups is 2. The highest BCUT2D eigenvalue weighted by molar-refractivity contribution is 8.00. The van der Waals surface area contributed by atoms with Gasteiger partial charge >= 0.3 is 5.97 Å². The van der Waals surface area contributed by atoms with E-state index in [1.54, 1.807) is 0 Å². The first-order valence-corrected chi connectivity index (χ1v) is 19.7. The van der Waals surface area contributed by atoms with Gasteiger partial charge in [0, 0.05) is 36.5 Å². The Morgan fingerprint density at radius 2 is 1.31 bits per heavy atom. The van der Waals surface area contributed by atoms with E-state index in [4.69, 9.17) is 24.9 Å². The Labute approximate surface area is 327 Å². The number of nitrogen functional groups attached to an aromatic ring is 1. The quantitative estimate of drug-likeness (QED) is 0.0835. The summed E-state index contributed by atoms with van der Waals surface area (Å²) >= 11 is 4.64. The lowest BCUT2D eigenvalue weighted by Gasteiger charge is -2.49. The third-order valence-corrected chi connectivity index (χ3v) is 12.4. The van der Waals surface area contributed by atoms with Crippen LogP contribution in [0.4, 0.5) is 10.3 Å².